The zero-order valence-corrected chi connectivity index (χ0v) is 15.0. The van der Waals surface area contributed by atoms with Gasteiger partial charge < -0.3 is 15.1 Å². The Morgan fingerprint density at radius 3 is 2.42 bits per heavy atom. The van der Waals surface area contributed by atoms with Crippen LogP contribution in [0.3, 0.4) is 0 Å². The third kappa shape index (κ3) is 4.84. The molecule has 0 bridgehead atoms. The predicted molar refractivity (Wildman–Crippen MR) is 99.4 cm³/mol. The Balaban J connectivity index is 1.41. The second-order valence-electron chi connectivity index (χ2n) is 6.87. The van der Waals surface area contributed by atoms with Crippen LogP contribution in [-0.2, 0) is 9.59 Å². The van der Waals surface area contributed by atoms with Gasteiger partial charge in [-0.05, 0) is 56.4 Å². The van der Waals surface area contributed by atoms with Crippen molar-refractivity contribution in [3.05, 3.63) is 41.7 Å². The molecule has 2 aliphatic rings. The molecule has 1 aromatic carbocycles. The molecule has 1 N–H and O–H groups in total. The number of nitrogens with zero attached hydrogens (tertiary/aromatic N) is 2. The summed E-state index contributed by atoms with van der Waals surface area (Å²) >= 11 is 0. The van der Waals surface area contributed by atoms with Crippen molar-refractivity contribution >= 4 is 17.5 Å². The smallest absolute Gasteiger partial charge is 0.312 e. The fourth-order valence-corrected chi connectivity index (χ4v) is 3.51. The van der Waals surface area contributed by atoms with E-state index in [1.807, 2.05) is 0 Å². The second-order valence-corrected chi connectivity index (χ2v) is 6.87. The summed E-state index contributed by atoms with van der Waals surface area (Å²) in [6.07, 6.45) is 7.79. The van der Waals surface area contributed by atoms with Crippen LogP contribution in [-0.4, -0.2) is 49.4 Å². The van der Waals surface area contributed by atoms with Gasteiger partial charge in [0.05, 0.1) is 0 Å². The van der Waals surface area contributed by atoms with Crippen LogP contribution in [0.4, 0.5) is 10.1 Å². The van der Waals surface area contributed by atoms with Crippen molar-refractivity contribution in [2.45, 2.75) is 32.1 Å². The summed E-state index contributed by atoms with van der Waals surface area (Å²) in [5.74, 6) is -1.23. The SMILES string of the molecule is O=C(NCCC1=CCCCC1)C(=O)N1CCN(c2ccc(F)cc2)CC1. The fourth-order valence-electron chi connectivity index (χ4n) is 3.51. The van der Waals surface area contributed by atoms with E-state index in [1.165, 1.54) is 30.5 Å². The fraction of sp³-hybridized carbons (Fsp3) is 0.500. The van der Waals surface area contributed by atoms with E-state index in [0.717, 1.165) is 24.9 Å². The van der Waals surface area contributed by atoms with Crippen LogP contribution in [0.5, 0.6) is 0 Å². The normalized spacial score (nSPS) is 17.7. The van der Waals surface area contributed by atoms with Crippen molar-refractivity contribution in [2.24, 2.45) is 0 Å². The van der Waals surface area contributed by atoms with Gasteiger partial charge >= 0.3 is 11.8 Å². The first-order chi connectivity index (χ1) is 12.6. The lowest BCUT2D eigenvalue weighted by atomic mass is 9.97. The molecule has 0 radical (unpaired) electrons. The Hall–Kier alpha value is -2.37. The van der Waals surface area contributed by atoms with Crippen LogP contribution in [0, 0.1) is 5.82 Å². The highest BCUT2D eigenvalue weighted by Gasteiger charge is 2.25. The first kappa shape index (κ1) is 18.4. The minimum absolute atomic E-state index is 0.261. The summed E-state index contributed by atoms with van der Waals surface area (Å²) < 4.78 is 13.0. The van der Waals surface area contributed by atoms with Crippen molar-refractivity contribution < 1.29 is 14.0 Å². The lowest BCUT2D eigenvalue weighted by Gasteiger charge is -2.35. The summed E-state index contributed by atoms with van der Waals surface area (Å²) in [7, 11) is 0. The quantitative estimate of drug-likeness (QED) is 0.664. The molecule has 1 aliphatic carbocycles. The zero-order chi connectivity index (χ0) is 18.4. The Labute approximate surface area is 153 Å². The van der Waals surface area contributed by atoms with E-state index in [0.29, 0.717) is 32.7 Å². The molecule has 0 atom stereocenters. The van der Waals surface area contributed by atoms with Crippen molar-refractivity contribution in [3.63, 3.8) is 0 Å². The predicted octanol–water partition coefficient (Wildman–Crippen LogP) is 2.48. The van der Waals surface area contributed by atoms with Crippen LogP contribution >= 0.6 is 0 Å². The summed E-state index contributed by atoms with van der Waals surface area (Å²) in [6.45, 7) is 2.78. The van der Waals surface area contributed by atoms with Crippen molar-refractivity contribution in [2.75, 3.05) is 37.6 Å². The van der Waals surface area contributed by atoms with E-state index >= 15 is 0 Å². The molecule has 3 rings (SSSR count). The zero-order valence-electron chi connectivity index (χ0n) is 15.0. The highest BCUT2D eigenvalue weighted by atomic mass is 19.1. The molecular formula is C20H26FN3O2. The molecule has 26 heavy (non-hydrogen) atoms. The molecule has 5 nitrogen and oxygen atoms in total. The Bertz CT molecular complexity index is 664. The summed E-state index contributed by atoms with van der Waals surface area (Å²) in [4.78, 5) is 28.1. The minimum Gasteiger partial charge on any atom is -0.368 e. The molecule has 1 aliphatic heterocycles. The number of amides is 2. The van der Waals surface area contributed by atoms with Crippen molar-refractivity contribution in [1.29, 1.82) is 0 Å². The number of hydrogen-bond acceptors (Lipinski definition) is 3. The lowest BCUT2D eigenvalue weighted by Crippen LogP contribution is -2.52. The molecule has 1 heterocycles. The number of hydrogen-bond donors (Lipinski definition) is 1. The molecule has 1 aromatic rings. The van der Waals surface area contributed by atoms with Gasteiger partial charge in [0.2, 0.25) is 0 Å². The maximum atomic E-state index is 13.0. The van der Waals surface area contributed by atoms with Crippen LogP contribution < -0.4 is 10.2 Å². The average molecular weight is 359 g/mol. The summed E-state index contributed by atoms with van der Waals surface area (Å²) in [5.41, 5.74) is 2.32. The van der Waals surface area contributed by atoms with Gasteiger partial charge in [-0.2, -0.15) is 0 Å². The molecule has 1 saturated heterocycles. The van der Waals surface area contributed by atoms with Crippen LogP contribution in [0.15, 0.2) is 35.9 Å². The average Bonchev–Trinajstić information content (AvgIpc) is 2.69. The summed E-state index contributed by atoms with van der Waals surface area (Å²) in [5, 5.41) is 2.75. The minimum atomic E-state index is -0.517. The molecule has 0 unspecified atom stereocenters. The highest BCUT2D eigenvalue weighted by molar-refractivity contribution is 6.35. The van der Waals surface area contributed by atoms with E-state index in [2.05, 4.69) is 16.3 Å². The second kappa shape index (κ2) is 8.83. The first-order valence-corrected chi connectivity index (χ1v) is 9.39. The van der Waals surface area contributed by atoms with Gasteiger partial charge in [-0.3, -0.25) is 9.59 Å². The molecule has 6 heteroatoms. The van der Waals surface area contributed by atoms with E-state index in [1.54, 1.807) is 17.0 Å². The largest absolute Gasteiger partial charge is 0.368 e. The van der Waals surface area contributed by atoms with Crippen molar-refractivity contribution in [1.82, 2.24) is 10.2 Å². The third-order valence-corrected chi connectivity index (χ3v) is 5.07. The number of nitrogens with one attached hydrogen (secondary N) is 1. The van der Waals surface area contributed by atoms with Gasteiger partial charge in [0, 0.05) is 38.4 Å². The van der Waals surface area contributed by atoms with Gasteiger partial charge in [-0.25, -0.2) is 4.39 Å². The van der Waals surface area contributed by atoms with E-state index in [-0.39, 0.29) is 5.82 Å². The monoisotopic (exact) mass is 359 g/mol. The molecule has 2 amide bonds. The number of benzene rings is 1. The van der Waals surface area contributed by atoms with Gasteiger partial charge in [0.15, 0.2) is 0 Å². The van der Waals surface area contributed by atoms with Crippen molar-refractivity contribution in [3.8, 4) is 0 Å². The number of carbonyl (C=O) groups excluding carboxylic acids is 2. The Morgan fingerprint density at radius 2 is 1.77 bits per heavy atom. The number of allylic oxidation sites excluding steroid dienone is 1. The molecule has 0 aromatic heterocycles. The van der Waals surface area contributed by atoms with Gasteiger partial charge in [0.1, 0.15) is 5.82 Å². The third-order valence-electron chi connectivity index (χ3n) is 5.07. The molecule has 0 saturated carbocycles. The van der Waals surface area contributed by atoms with Gasteiger partial charge in [-0.15, -0.1) is 0 Å². The van der Waals surface area contributed by atoms with E-state index in [4.69, 9.17) is 0 Å². The number of rotatable bonds is 4. The lowest BCUT2D eigenvalue weighted by molar-refractivity contribution is -0.146. The highest BCUT2D eigenvalue weighted by Crippen LogP contribution is 2.19. The maximum Gasteiger partial charge on any atom is 0.312 e. The molecule has 0 spiro atoms. The number of halogens is 1. The van der Waals surface area contributed by atoms with Crippen LogP contribution in [0.1, 0.15) is 32.1 Å². The topological polar surface area (TPSA) is 52.7 Å². The molecule has 140 valence electrons. The number of anilines is 1. The first-order valence-electron chi connectivity index (χ1n) is 9.39. The van der Waals surface area contributed by atoms with Crippen LogP contribution in [0.2, 0.25) is 0 Å². The van der Waals surface area contributed by atoms with E-state index in [9.17, 15) is 14.0 Å². The maximum absolute atomic E-state index is 13.0. The standard InChI is InChI=1S/C20H26FN3O2/c21-17-6-8-18(9-7-17)23-12-14-24(15-13-23)20(26)19(25)22-11-10-16-4-2-1-3-5-16/h4,6-9H,1-3,5,10-15H2,(H,22,25). The van der Waals surface area contributed by atoms with E-state index < -0.39 is 11.8 Å². The van der Waals surface area contributed by atoms with Crippen LogP contribution in [0.25, 0.3) is 0 Å². The number of carbonyl (C=O) groups is 2. The Morgan fingerprint density at radius 1 is 1.04 bits per heavy atom. The Kier molecular flexibility index (Phi) is 6.26. The molecule has 1 fully saturated rings. The van der Waals surface area contributed by atoms with Gasteiger partial charge in [-0.1, -0.05) is 11.6 Å². The number of piperazine rings is 1. The van der Waals surface area contributed by atoms with Gasteiger partial charge in [0.25, 0.3) is 0 Å². The molecular weight excluding hydrogens is 333 g/mol. The summed E-state index contributed by atoms with van der Waals surface area (Å²) in [6, 6.07) is 6.34.